The summed E-state index contributed by atoms with van der Waals surface area (Å²) in [5.41, 5.74) is 0. The minimum Gasteiger partial charge on any atom is -0.391 e. The molecule has 1 aromatic heterocycles. The van der Waals surface area contributed by atoms with Crippen molar-refractivity contribution in [1.82, 2.24) is 9.89 Å². The zero-order valence-corrected chi connectivity index (χ0v) is 4.29. The van der Waals surface area contributed by atoms with Crippen LogP contribution in [0.2, 0.25) is 0 Å². The maximum atomic E-state index is 10.2. The summed E-state index contributed by atoms with van der Waals surface area (Å²) in [5.74, 6) is 4.58. The largest absolute Gasteiger partial charge is 0.456 e. The van der Waals surface area contributed by atoms with E-state index < -0.39 is 5.76 Å². The van der Waals surface area contributed by atoms with Crippen LogP contribution in [0.25, 0.3) is 0 Å². The quantitative estimate of drug-likeness (QED) is 0.433. The maximum Gasteiger partial charge on any atom is 0.456 e. The topological polar surface area (TPSA) is 74.1 Å². The first-order valence-corrected chi connectivity index (χ1v) is 2.02. The standard InChI is InChI=1S/C3H5N3O2/c1-2-5-6(4)3(7)8-2/h4H2,1H3. The smallest absolute Gasteiger partial charge is 0.391 e. The molecule has 0 aromatic carbocycles. The van der Waals surface area contributed by atoms with Crippen LogP contribution < -0.4 is 11.6 Å². The highest BCUT2D eigenvalue weighted by atomic mass is 16.4. The van der Waals surface area contributed by atoms with Crippen LogP contribution in [0.3, 0.4) is 0 Å². The van der Waals surface area contributed by atoms with E-state index in [2.05, 4.69) is 9.52 Å². The van der Waals surface area contributed by atoms with Gasteiger partial charge in [-0.25, -0.2) is 4.79 Å². The average Bonchev–Trinajstić information content (AvgIpc) is 1.85. The summed E-state index contributed by atoms with van der Waals surface area (Å²) in [7, 11) is 0. The minimum atomic E-state index is -0.637. The lowest BCUT2D eigenvalue weighted by Crippen LogP contribution is -2.23. The SMILES string of the molecule is Cc1nn(N)c(=O)o1. The molecule has 0 aliphatic heterocycles. The second-order valence-corrected chi connectivity index (χ2v) is 1.33. The number of aromatic nitrogens is 2. The van der Waals surface area contributed by atoms with E-state index in [9.17, 15) is 4.79 Å². The third kappa shape index (κ3) is 0.575. The Bertz CT molecular complexity index is 235. The molecule has 5 nitrogen and oxygen atoms in total. The van der Waals surface area contributed by atoms with Gasteiger partial charge in [0.15, 0.2) is 0 Å². The Balaban J connectivity index is 3.35. The van der Waals surface area contributed by atoms with Gasteiger partial charge in [0.1, 0.15) is 0 Å². The summed E-state index contributed by atoms with van der Waals surface area (Å²) in [4.78, 5) is 10.9. The molecule has 1 rings (SSSR count). The van der Waals surface area contributed by atoms with E-state index in [1.54, 1.807) is 6.92 Å². The molecule has 1 aromatic rings. The van der Waals surface area contributed by atoms with Crippen molar-refractivity contribution in [2.75, 3.05) is 5.84 Å². The van der Waals surface area contributed by atoms with Gasteiger partial charge >= 0.3 is 5.76 Å². The first kappa shape index (κ1) is 4.89. The third-order valence-electron chi connectivity index (χ3n) is 0.671. The number of nitrogens with zero attached hydrogens (tertiary/aromatic N) is 2. The van der Waals surface area contributed by atoms with Gasteiger partial charge in [0, 0.05) is 6.92 Å². The van der Waals surface area contributed by atoms with Crippen molar-refractivity contribution >= 4 is 0 Å². The van der Waals surface area contributed by atoms with Crippen LogP contribution in [-0.2, 0) is 0 Å². The molecule has 0 aliphatic rings. The number of aryl methyl sites for hydroxylation is 1. The Morgan fingerprint density at radius 2 is 2.50 bits per heavy atom. The molecule has 0 radical (unpaired) electrons. The van der Waals surface area contributed by atoms with Crippen LogP contribution in [0.1, 0.15) is 5.89 Å². The van der Waals surface area contributed by atoms with Crippen LogP contribution >= 0.6 is 0 Å². The molecule has 0 amide bonds. The summed E-state index contributed by atoms with van der Waals surface area (Å²) in [6, 6.07) is 0. The highest BCUT2D eigenvalue weighted by Crippen LogP contribution is 1.78. The molecule has 0 fully saturated rings. The molecular weight excluding hydrogens is 110 g/mol. The molecule has 2 N–H and O–H groups in total. The summed E-state index contributed by atoms with van der Waals surface area (Å²) < 4.78 is 4.39. The Labute approximate surface area is 44.7 Å². The predicted molar refractivity (Wildman–Crippen MR) is 25.7 cm³/mol. The zero-order valence-electron chi connectivity index (χ0n) is 4.29. The number of hydrogen-bond acceptors (Lipinski definition) is 4. The molecule has 0 saturated carbocycles. The van der Waals surface area contributed by atoms with E-state index in [4.69, 9.17) is 5.84 Å². The Morgan fingerprint density at radius 1 is 1.88 bits per heavy atom. The second-order valence-electron chi connectivity index (χ2n) is 1.33. The summed E-state index contributed by atoms with van der Waals surface area (Å²) in [6.45, 7) is 1.55. The molecule has 0 bridgehead atoms. The van der Waals surface area contributed by atoms with E-state index in [0.29, 0.717) is 4.79 Å². The number of rotatable bonds is 0. The zero-order chi connectivity index (χ0) is 6.15. The summed E-state index contributed by atoms with van der Waals surface area (Å²) >= 11 is 0. The van der Waals surface area contributed by atoms with Crippen molar-refractivity contribution in [3.63, 3.8) is 0 Å². The van der Waals surface area contributed by atoms with Crippen LogP contribution in [-0.4, -0.2) is 9.89 Å². The fraction of sp³-hybridized carbons (Fsp3) is 0.333. The van der Waals surface area contributed by atoms with Crippen molar-refractivity contribution in [3.8, 4) is 0 Å². The van der Waals surface area contributed by atoms with Crippen LogP contribution in [0.5, 0.6) is 0 Å². The molecule has 0 atom stereocenters. The Hall–Kier alpha value is -1.26. The van der Waals surface area contributed by atoms with E-state index in [0.717, 1.165) is 0 Å². The third-order valence-corrected chi connectivity index (χ3v) is 0.671. The monoisotopic (exact) mass is 115 g/mol. The average molecular weight is 115 g/mol. The van der Waals surface area contributed by atoms with Crippen molar-refractivity contribution in [1.29, 1.82) is 0 Å². The highest BCUT2D eigenvalue weighted by Gasteiger charge is 1.95. The fourth-order valence-corrected chi connectivity index (χ4v) is 0.386. The lowest BCUT2D eigenvalue weighted by molar-refractivity contribution is 0.475. The molecular formula is C3H5N3O2. The molecule has 1 heterocycles. The molecule has 0 spiro atoms. The molecule has 0 aliphatic carbocycles. The fourth-order valence-electron chi connectivity index (χ4n) is 0.386. The molecule has 0 unspecified atom stereocenters. The van der Waals surface area contributed by atoms with Gasteiger partial charge in [-0.15, -0.1) is 9.89 Å². The van der Waals surface area contributed by atoms with Gasteiger partial charge in [0.2, 0.25) is 5.89 Å². The van der Waals surface area contributed by atoms with Gasteiger partial charge in [-0.3, -0.25) is 0 Å². The first-order chi connectivity index (χ1) is 3.70. The van der Waals surface area contributed by atoms with Crippen molar-refractivity contribution in [2.24, 2.45) is 0 Å². The first-order valence-electron chi connectivity index (χ1n) is 2.02. The minimum absolute atomic E-state index is 0.275. The highest BCUT2D eigenvalue weighted by molar-refractivity contribution is 4.65. The van der Waals surface area contributed by atoms with Gasteiger partial charge in [-0.1, -0.05) is 0 Å². The normalized spacial score (nSPS) is 9.62. The second kappa shape index (κ2) is 1.36. The van der Waals surface area contributed by atoms with Crippen molar-refractivity contribution in [2.45, 2.75) is 6.92 Å². The number of nitrogen functional groups attached to an aromatic ring is 1. The Morgan fingerprint density at radius 3 is 2.62 bits per heavy atom. The van der Waals surface area contributed by atoms with Gasteiger partial charge in [0.25, 0.3) is 0 Å². The van der Waals surface area contributed by atoms with Crippen LogP contribution in [0.4, 0.5) is 0 Å². The van der Waals surface area contributed by atoms with Crippen LogP contribution in [0.15, 0.2) is 9.21 Å². The lowest BCUT2D eigenvalue weighted by Gasteiger charge is -1.74. The van der Waals surface area contributed by atoms with Gasteiger partial charge < -0.3 is 10.3 Å². The van der Waals surface area contributed by atoms with Gasteiger partial charge in [-0.2, -0.15) is 0 Å². The Kier molecular flexibility index (Phi) is 0.831. The summed E-state index contributed by atoms with van der Waals surface area (Å²) in [5, 5.41) is 3.43. The van der Waals surface area contributed by atoms with Crippen molar-refractivity contribution in [3.05, 3.63) is 16.4 Å². The number of hydrogen-bond donors (Lipinski definition) is 1. The van der Waals surface area contributed by atoms with Gasteiger partial charge in [-0.05, 0) is 0 Å². The number of nitrogens with two attached hydrogens (primary N) is 1. The van der Waals surface area contributed by atoms with Gasteiger partial charge in [0.05, 0.1) is 0 Å². The van der Waals surface area contributed by atoms with E-state index >= 15 is 0 Å². The predicted octanol–water partition coefficient (Wildman–Crippen LogP) is -1.14. The molecule has 5 heteroatoms. The molecule has 0 saturated heterocycles. The maximum absolute atomic E-state index is 10.2. The van der Waals surface area contributed by atoms with E-state index in [1.165, 1.54) is 0 Å². The van der Waals surface area contributed by atoms with Crippen LogP contribution in [0, 0.1) is 6.92 Å². The lowest BCUT2D eigenvalue weighted by atomic mass is 10.8. The van der Waals surface area contributed by atoms with E-state index in [-0.39, 0.29) is 5.89 Å². The van der Waals surface area contributed by atoms with E-state index in [1.807, 2.05) is 0 Å². The van der Waals surface area contributed by atoms with Crippen molar-refractivity contribution < 1.29 is 4.42 Å². The molecule has 8 heavy (non-hydrogen) atoms. The molecule has 44 valence electrons. The summed E-state index contributed by atoms with van der Waals surface area (Å²) in [6.07, 6.45) is 0.